The summed E-state index contributed by atoms with van der Waals surface area (Å²) in [4.78, 5) is 30.8. The highest BCUT2D eigenvalue weighted by Crippen LogP contribution is 2.28. The number of rotatable bonds is 3. The van der Waals surface area contributed by atoms with Crippen molar-refractivity contribution in [3.63, 3.8) is 0 Å². The summed E-state index contributed by atoms with van der Waals surface area (Å²) in [5.41, 5.74) is 3.15. The molecular weight excluding hydrogens is 404 g/mol. The first-order valence-corrected chi connectivity index (χ1v) is 11.7. The zero-order chi connectivity index (χ0) is 20.4. The van der Waals surface area contributed by atoms with E-state index in [1.54, 1.807) is 17.8 Å². The number of likely N-dealkylation sites (tertiary alicyclic amines) is 1. The zero-order valence-electron chi connectivity index (χ0n) is 16.6. The van der Waals surface area contributed by atoms with Gasteiger partial charge in [0.2, 0.25) is 5.91 Å². The Hall–Kier alpha value is -1.98. The molecule has 6 heteroatoms. The van der Waals surface area contributed by atoms with Crippen LogP contribution in [0.5, 0.6) is 0 Å². The van der Waals surface area contributed by atoms with E-state index < -0.39 is 0 Å². The molecule has 2 aliphatic heterocycles. The molecule has 152 valence electrons. The summed E-state index contributed by atoms with van der Waals surface area (Å²) in [7, 11) is 0. The number of hydrogen-bond acceptors (Lipinski definition) is 3. The molecule has 0 aliphatic carbocycles. The molecule has 2 amide bonds. The fourth-order valence-electron chi connectivity index (χ4n) is 4.24. The van der Waals surface area contributed by atoms with Gasteiger partial charge < -0.3 is 9.80 Å². The third-order valence-electron chi connectivity index (χ3n) is 5.98. The van der Waals surface area contributed by atoms with Gasteiger partial charge in [-0.05, 0) is 54.8 Å². The minimum absolute atomic E-state index is 0.00249. The Labute approximate surface area is 181 Å². The third-order valence-corrected chi connectivity index (χ3v) is 7.03. The van der Waals surface area contributed by atoms with Crippen LogP contribution in [0.25, 0.3) is 0 Å². The first-order valence-electron chi connectivity index (χ1n) is 10.0. The molecule has 0 unspecified atom stereocenters. The van der Waals surface area contributed by atoms with Crippen LogP contribution >= 0.6 is 23.4 Å². The van der Waals surface area contributed by atoms with Gasteiger partial charge >= 0.3 is 0 Å². The topological polar surface area (TPSA) is 40.6 Å². The maximum atomic E-state index is 13.0. The fourth-order valence-corrected chi connectivity index (χ4v) is 4.88. The van der Waals surface area contributed by atoms with Crippen LogP contribution in [0.2, 0.25) is 5.02 Å². The molecule has 0 radical (unpaired) electrons. The standard InChI is InChI=1S/C23H25ClN2O2S/c1-29-19-6-7-21(24)20(14-19)23(28)25-11-9-17(10-12-25)22(27)26-13-8-16-4-2-3-5-18(16)15-26/h2-7,14,17H,8-13,15H2,1H3. The normalized spacial score (nSPS) is 17.2. The van der Waals surface area contributed by atoms with Crippen molar-refractivity contribution in [1.29, 1.82) is 0 Å². The SMILES string of the molecule is CSc1ccc(Cl)c(C(=O)N2CCC(C(=O)N3CCc4ccccc4C3)CC2)c1. The summed E-state index contributed by atoms with van der Waals surface area (Å²) in [6, 6.07) is 13.9. The first kappa shape index (κ1) is 20.3. The molecule has 2 aliphatic rings. The number of amides is 2. The third kappa shape index (κ3) is 4.31. The molecule has 0 saturated carbocycles. The monoisotopic (exact) mass is 428 g/mol. The second kappa shape index (κ2) is 8.80. The van der Waals surface area contributed by atoms with E-state index in [1.807, 2.05) is 34.3 Å². The smallest absolute Gasteiger partial charge is 0.255 e. The lowest BCUT2D eigenvalue weighted by molar-refractivity contribution is -0.137. The van der Waals surface area contributed by atoms with Crippen molar-refractivity contribution in [2.45, 2.75) is 30.7 Å². The van der Waals surface area contributed by atoms with Gasteiger partial charge in [0, 0.05) is 37.0 Å². The summed E-state index contributed by atoms with van der Waals surface area (Å²) >= 11 is 7.86. The summed E-state index contributed by atoms with van der Waals surface area (Å²) in [5.74, 6) is 0.190. The van der Waals surface area contributed by atoms with E-state index in [9.17, 15) is 9.59 Å². The Balaban J connectivity index is 1.37. The van der Waals surface area contributed by atoms with E-state index in [2.05, 4.69) is 18.2 Å². The van der Waals surface area contributed by atoms with Gasteiger partial charge in [-0.15, -0.1) is 11.8 Å². The van der Waals surface area contributed by atoms with Crippen LogP contribution in [0.4, 0.5) is 0 Å². The Bertz CT molecular complexity index is 925. The average Bonchev–Trinajstić information content (AvgIpc) is 2.78. The Kier molecular flexibility index (Phi) is 6.16. The van der Waals surface area contributed by atoms with Gasteiger partial charge in [0.05, 0.1) is 10.6 Å². The molecule has 1 fully saturated rings. The molecule has 2 aromatic carbocycles. The van der Waals surface area contributed by atoms with Crippen molar-refractivity contribution in [1.82, 2.24) is 9.80 Å². The number of carbonyl (C=O) groups is 2. The predicted octanol–water partition coefficient (Wildman–Crippen LogP) is 4.50. The molecule has 0 atom stereocenters. The van der Waals surface area contributed by atoms with Gasteiger partial charge in [0.25, 0.3) is 5.91 Å². The van der Waals surface area contributed by atoms with Crippen LogP contribution in [0, 0.1) is 5.92 Å². The molecule has 0 bridgehead atoms. The molecular formula is C23H25ClN2O2S. The highest BCUT2D eigenvalue weighted by Gasteiger charge is 2.32. The molecule has 2 aromatic rings. The molecule has 4 rings (SSSR count). The minimum atomic E-state index is -0.0382. The van der Waals surface area contributed by atoms with Crippen LogP contribution < -0.4 is 0 Å². The van der Waals surface area contributed by atoms with Crippen molar-refractivity contribution in [3.8, 4) is 0 Å². The van der Waals surface area contributed by atoms with E-state index in [0.29, 0.717) is 43.1 Å². The van der Waals surface area contributed by atoms with Crippen molar-refractivity contribution >= 4 is 35.2 Å². The lowest BCUT2D eigenvalue weighted by Gasteiger charge is -2.36. The van der Waals surface area contributed by atoms with Gasteiger partial charge in [0.15, 0.2) is 0 Å². The summed E-state index contributed by atoms with van der Waals surface area (Å²) < 4.78 is 0. The molecule has 0 spiro atoms. The second-order valence-electron chi connectivity index (χ2n) is 7.69. The molecule has 4 nitrogen and oxygen atoms in total. The van der Waals surface area contributed by atoms with E-state index in [0.717, 1.165) is 17.9 Å². The quantitative estimate of drug-likeness (QED) is 0.676. The van der Waals surface area contributed by atoms with E-state index in [4.69, 9.17) is 11.6 Å². The van der Waals surface area contributed by atoms with Crippen LogP contribution in [-0.4, -0.2) is 47.5 Å². The Morgan fingerprint density at radius 2 is 1.72 bits per heavy atom. The summed E-state index contributed by atoms with van der Waals surface area (Å²) in [5, 5.41) is 0.484. The number of fused-ring (bicyclic) bond motifs is 1. The lowest BCUT2D eigenvalue weighted by Crippen LogP contribution is -2.45. The number of halogens is 1. The van der Waals surface area contributed by atoms with Crippen LogP contribution in [0.3, 0.4) is 0 Å². The highest BCUT2D eigenvalue weighted by atomic mass is 35.5. The largest absolute Gasteiger partial charge is 0.339 e. The molecule has 0 aromatic heterocycles. The van der Waals surface area contributed by atoms with Gasteiger partial charge in [-0.1, -0.05) is 35.9 Å². The molecule has 2 heterocycles. The van der Waals surface area contributed by atoms with Crippen molar-refractivity contribution in [2.24, 2.45) is 5.92 Å². The van der Waals surface area contributed by atoms with Crippen molar-refractivity contribution < 1.29 is 9.59 Å². The Morgan fingerprint density at radius 1 is 1.00 bits per heavy atom. The molecule has 29 heavy (non-hydrogen) atoms. The molecule has 1 saturated heterocycles. The number of hydrogen-bond donors (Lipinski definition) is 0. The summed E-state index contributed by atoms with van der Waals surface area (Å²) in [6.07, 6.45) is 4.32. The molecule has 0 N–H and O–H groups in total. The van der Waals surface area contributed by atoms with Crippen LogP contribution in [0.15, 0.2) is 47.4 Å². The highest BCUT2D eigenvalue weighted by molar-refractivity contribution is 7.98. The number of thioether (sulfide) groups is 1. The number of piperidine rings is 1. The minimum Gasteiger partial charge on any atom is -0.339 e. The number of benzene rings is 2. The van der Waals surface area contributed by atoms with Crippen molar-refractivity contribution in [2.75, 3.05) is 25.9 Å². The van der Waals surface area contributed by atoms with Gasteiger partial charge in [-0.3, -0.25) is 9.59 Å². The number of carbonyl (C=O) groups excluding carboxylic acids is 2. The lowest BCUT2D eigenvalue weighted by atomic mass is 9.92. The summed E-state index contributed by atoms with van der Waals surface area (Å²) in [6.45, 7) is 2.68. The van der Waals surface area contributed by atoms with Gasteiger partial charge in [-0.2, -0.15) is 0 Å². The van der Waals surface area contributed by atoms with Crippen LogP contribution in [0.1, 0.15) is 34.3 Å². The first-order chi connectivity index (χ1) is 14.1. The van der Waals surface area contributed by atoms with Crippen LogP contribution in [-0.2, 0) is 17.8 Å². The average molecular weight is 429 g/mol. The van der Waals surface area contributed by atoms with Crippen molar-refractivity contribution in [3.05, 3.63) is 64.2 Å². The fraction of sp³-hybridized carbons (Fsp3) is 0.391. The van der Waals surface area contributed by atoms with Gasteiger partial charge in [-0.25, -0.2) is 0 Å². The maximum absolute atomic E-state index is 13.0. The number of nitrogens with zero attached hydrogens (tertiary/aromatic N) is 2. The maximum Gasteiger partial charge on any atom is 0.255 e. The van der Waals surface area contributed by atoms with E-state index >= 15 is 0 Å². The van der Waals surface area contributed by atoms with Gasteiger partial charge in [0.1, 0.15) is 0 Å². The second-order valence-corrected chi connectivity index (χ2v) is 8.98. The van der Waals surface area contributed by atoms with E-state index in [1.165, 1.54) is 11.1 Å². The Morgan fingerprint density at radius 3 is 2.45 bits per heavy atom. The zero-order valence-corrected chi connectivity index (χ0v) is 18.1. The predicted molar refractivity (Wildman–Crippen MR) is 117 cm³/mol. The van der Waals surface area contributed by atoms with E-state index in [-0.39, 0.29) is 17.7 Å².